The number of aromatic hydroxyl groups is 2. The maximum absolute atomic E-state index is 10.1. The molecule has 3 aromatic rings. The van der Waals surface area contributed by atoms with E-state index in [2.05, 4.69) is 24.3 Å². The first kappa shape index (κ1) is 14.6. The minimum atomic E-state index is -0.767. The van der Waals surface area contributed by atoms with Crippen LogP contribution < -0.4 is 15.9 Å². The summed E-state index contributed by atoms with van der Waals surface area (Å²) in [4.78, 5) is 0. The molecule has 0 amide bonds. The van der Waals surface area contributed by atoms with Crippen molar-refractivity contribution in [2.45, 2.75) is 6.92 Å². The van der Waals surface area contributed by atoms with Crippen LogP contribution in [0.3, 0.4) is 0 Å². The van der Waals surface area contributed by atoms with Crippen LogP contribution in [-0.4, -0.2) is 10.2 Å². The topological polar surface area (TPSA) is 40.5 Å². The lowest BCUT2D eigenvalue weighted by atomic mass is 10.2. The Labute approximate surface area is 131 Å². The molecule has 0 bridgehead atoms. The molecule has 0 heterocycles. The first-order valence-corrected chi connectivity index (χ1v) is 8.44. The number of hydrogen-bond acceptors (Lipinski definition) is 2. The Kier molecular flexibility index (Phi) is 4.13. The fraction of sp³-hybridized carbons (Fsp3) is 0.0526. The number of phenols is 2. The van der Waals surface area contributed by atoms with E-state index in [-0.39, 0.29) is 11.5 Å². The van der Waals surface area contributed by atoms with Gasteiger partial charge in [-0.05, 0) is 42.9 Å². The van der Waals surface area contributed by atoms with Crippen LogP contribution in [-0.2, 0) is 0 Å². The summed E-state index contributed by atoms with van der Waals surface area (Å²) in [5.74, 6) is -0.103. The Morgan fingerprint density at radius 3 is 1.68 bits per heavy atom. The largest absolute Gasteiger partial charge is 0.504 e. The predicted octanol–water partition coefficient (Wildman–Crippen LogP) is 3.16. The fourth-order valence-electron chi connectivity index (χ4n) is 2.50. The molecule has 0 radical (unpaired) electrons. The van der Waals surface area contributed by atoms with Crippen LogP contribution >= 0.6 is 7.92 Å². The molecule has 2 N–H and O–H groups in total. The second kappa shape index (κ2) is 6.21. The highest BCUT2D eigenvalue weighted by molar-refractivity contribution is 7.79. The summed E-state index contributed by atoms with van der Waals surface area (Å²) < 4.78 is 0. The van der Waals surface area contributed by atoms with Crippen LogP contribution in [0.15, 0.2) is 72.8 Å². The van der Waals surface area contributed by atoms with Crippen LogP contribution in [0.4, 0.5) is 0 Å². The molecule has 0 fully saturated rings. The quantitative estimate of drug-likeness (QED) is 0.576. The van der Waals surface area contributed by atoms with E-state index in [1.165, 1.54) is 10.6 Å². The molecule has 0 aliphatic carbocycles. The molecule has 22 heavy (non-hydrogen) atoms. The lowest BCUT2D eigenvalue weighted by molar-refractivity contribution is 0.401. The van der Waals surface area contributed by atoms with Gasteiger partial charge in [0.05, 0.1) is 0 Å². The minimum Gasteiger partial charge on any atom is -0.504 e. The van der Waals surface area contributed by atoms with Crippen LogP contribution in [0, 0.1) is 6.92 Å². The molecule has 3 aromatic carbocycles. The summed E-state index contributed by atoms with van der Waals surface area (Å²) in [6.07, 6.45) is 0. The lowest BCUT2D eigenvalue weighted by Crippen LogP contribution is -2.22. The monoisotopic (exact) mass is 308 g/mol. The Morgan fingerprint density at radius 1 is 0.682 bits per heavy atom. The van der Waals surface area contributed by atoms with Gasteiger partial charge in [0, 0.05) is 5.56 Å². The zero-order valence-electron chi connectivity index (χ0n) is 12.3. The van der Waals surface area contributed by atoms with E-state index in [0.29, 0.717) is 0 Å². The van der Waals surface area contributed by atoms with E-state index in [9.17, 15) is 10.2 Å². The third kappa shape index (κ3) is 2.70. The second-order valence-corrected chi connectivity index (χ2v) is 7.27. The van der Waals surface area contributed by atoms with Gasteiger partial charge in [-0.2, -0.15) is 0 Å². The van der Waals surface area contributed by atoms with E-state index in [1.807, 2.05) is 49.4 Å². The van der Waals surface area contributed by atoms with Crippen LogP contribution in [0.1, 0.15) is 5.56 Å². The van der Waals surface area contributed by atoms with Gasteiger partial charge in [-0.3, -0.25) is 0 Å². The zero-order chi connectivity index (χ0) is 15.5. The second-order valence-electron chi connectivity index (χ2n) is 5.08. The summed E-state index contributed by atoms with van der Waals surface area (Å²) in [7, 11) is -0.767. The summed E-state index contributed by atoms with van der Waals surface area (Å²) >= 11 is 0. The molecule has 0 unspecified atom stereocenters. The maximum Gasteiger partial charge on any atom is 0.161 e. The van der Waals surface area contributed by atoms with Crippen LogP contribution in [0.25, 0.3) is 0 Å². The molecule has 0 atom stereocenters. The lowest BCUT2D eigenvalue weighted by Gasteiger charge is -2.21. The van der Waals surface area contributed by atoms with Crippen molar-refractivity contribution in [2.75, 3.05) is 0 Å². The average molecular weight is 308 g/mol. The Balaban J connectivity index is 2.21. The first-order valence-electron chi connectivity index (χ1n) is 7.10. The van der Waals surface area contributed by atoms with E-state index in [1.54, 1.807) is 6.07 Å². The SMILES string of the molecule is Cc1c(P(c2ccccc2)c2ccccc2)ccc(O)c1O. The Morgan fingerprint density at radius 2 is 1.18 bits per heavy atom. The average Bonchev–Trinajstić information content (AvgIpc) is 2.57. The van der Waals surface area contributed by atoms with Gasteiger partial charge in [0.25, 0.3) is 0 Å². The summed E-state index contributed by atoms with van der Waals surface area (Å²) in [5.41, 5.74) is 0.735. The zero-order valence-corrected chi connectivity index (χ0v) is 13.2. The van der Waals surface area contributed by atoms with Crippen LogP contribution in [0.2, 0.25) is 0 Å². The van der Waals surface area contributed by atoms with Crippen LogP contribution in [0.5, 0.6) is 11.5 Å². The molecule has 3 heteroatoms. The molecule has 3 rings (SSSR count). The summed E-state index contributed by atoms with van der Waals surface area (Å²) in [6, 6.07) is 24.1. The third-order valence-electron chi connectivity index (χ3n) is 3.65. The van der Waals surface area contributed by atoms with Gasteiger partial charge >= 0.3 is 0 Å². The fourth-order valence-corrected chi connectivity index (χ4v) is 4.96. The van der Waals surface area contributed by atoms with Crippen molar-refractivity contribution in [1.29, 1.82) is 0 Å². The number of benzene rings is 3. The summed E-state index contributed by atoms with van der Waals surface area (Å²) in [6.45, 7) is 1.85. The van der Waals surface area contributed by atoms with Gasteiger partial charge in [0.1, 0.15) is 0 Å². The van der Waals surface area contributed by atoms with Crippen molar-refractivity contribution in [3.05, 3.63) is 78.4 Å². The van der Waals surface area contributed by atoms with Gasteiger partial charge < -0.3 is 10.2 Å². The minimum absolute atomic E-state index is 0.0307. The van der Waals surface area contributed by atoms with Crippen molar-refractivity contribution in [1.82, 2.24) is 0 Å². The smallest absolute Gasteiger partial charge is 0.161 e. The third-order valence-corrected chi connectivity index (χ3v) is 6.25. The highest BCUT2D eigenvalue weighted by Crippen LogP contribution is 2.38. The van der Waals surface area contributed by atoms with E-state index < -0.39 is 7.92 Å². The highest BCUT2D eigenvalue weighted by atomic mass is 31.1. The molecule has 0 spiro atoms. The van der Waals surface area contributed by atoms with E-state index in [4.69, 9.17) is 0 Å². The maximum atomic E-state index is 10.1. The standard InChI is InChI=1S/C19H17O2P/c1-14-18(13-12-17(20)19(14)21)22(15-8-4-2-5-9-15)16-10-6-3-7-11-16/h2-13,20-21H,1H3. The predicted molar refractivity (Wildman–Crippen MR) is 93.2 cm³/mol. The normalized spacial score (nSPS) is 10.8. The van der Waals surface area contributed by atoms with Gasteiger partial charge in [-0.15, -0.1) is 0 Å². The Bertz CT molecular complexity index is 731. The van der Waals surface area contributed by atoms with Gasteiger partial charge in [0.15, 0.2) is 11.5 Å². The molecule has 0 aromatic heterocycles. The molecule has 0 saturated carbocycles. The molecule has 0 aliphatic heterocycles. The van der Waals surface area contributed by atoms with Gasteiger partial charge in [-0.1, -0.05) is 60.7 Å². The molecule has 0 saturated heterocycles. The van der Waals surface area contributed by atoms with E-state index in [0.717, 1.165) is 10.9 Å². The molecular formula is C19H17O2P. The molecule has 2 nitrogen and oxygen atoms in total. The number of hydrogen-bond donors (Lipinski definition) is 2. The number of phenolic OH excluding ortho intramolecular Hbond substituents is 2. The highest BCUT2D eigenvalue weighted by Gasteiger charge is 2.20. The van der Waals surface area contributed by atoms with Crippen molar-refractivity contribution >= 4 is 23.8 Å². The summed E-state index contributed by atoms with van der Waals surface area (Å²) in [5, 5.41) is 23.3. The van der Waals surface area contributed by atoms with Crippen molar-refractivity contribution in [2.24, 2.45) is 0 Å². The van der Waals surface area contributed by atoms with Crippen molar-refractivity contribution < 1.29 is 10.2 Å². The molecule has 110 valence electrons. The van der Waals surface area contributed by atoms with Gasteiger partial charge in [-0.25, -0.2) is 0 Å². The number of rotatable bonds is 3. The molecular weight excluding hydrogens is 291 g/mol. The first-order chi connectivity index (χ1) is 10.7. The van der Waals surface area contributed by atoms with Gasteiger partial charge in [0.2, 0.25) is 0 Å². The van der Waals surface area contributed by atoms with E-state index >= 15 is 0 Å². The van der Waals surface area contributed by atoms with Crippen molar-refractivity contribution in [3.63, 3.8) is 0 Å². The van der Waals surface area contributed by atoms with Crippen molar-refractivity contribution in [3.8, 4) is 11.5 Å². The molecule has 0 aliphatic rings. The Hall–Kier alpha value is -2.31.